The zero-order chi connectivity index (χ0) is 10.0. The second kappa shape index (κ2) is 3.18. The summed E-state index contributed by atoms with van der Waals surface area (Å²) in [5, 5.41) is 28.5. The molecule has 6 heteroatoms. The van der Waals surface area contributed by atoms with Gasteiger partial charge in [-0.1, -0.05) is 0 Å². The Bertz CT molecular complexity index is 349. The first kappa shape index (κ1) is 9.11. The third-order valence-electron chi connectivity index (χ3n) is 1.51. The van der Waals surface area contributed by atoms with Crippen molar-refractivity contribution in [3.05, 3.63) is 22.2 Å². The van der Waals surface area contributed by atoms with E-state index in [2.05, 4.69) is 4.74 Å². The van der Waals surface area contributed by atoms with E-state index in [1.54, 1.807) is 0 Å². The molecule has 0 atom stereocenters. The van der Waals surface area contributed by atoms with Gasteiger partial charge in [-0.25, -0.2) is 0 Å². The molecule has 0 saturated carbocycles. The summed E-state index contributed by atoms with van der Waals surface area (Å²) < 4.78 is 4.63. The molecular weight excluding hydrogens is 178 g/mol. The summed E-state index contributed by atoms with van der Waals surface area (Å²) in [5.41, 5.74) is -0.557. The van der Waals surface area contributed by atoms with Crippen LogP contribution in [0.25, 0.3) is 0 Å². The SMILES string of the molecule is COc1ccc([N+](=O)[O-])c(O)c1O. The molecule has 0 aliphatic carbocycles. The molecule has 6 nitrogen and oxygen atoms in total. The predicted molar refractivity (Wildman–Crippen MR) is 43.0 cm³/mol. The molecule has 1 aromatic carbocycles. The van der Waals surface area contributed by atoms with Crippen LogP contribution in [-0.4, -0.2) is 22.2 Å². The van der Waals surface area contributed by atoms with Gasteiger partial charge in [-0.2, -0.15) is 0 Å². The van der Waals surface area contributed by atoms with E-state index in [0.29, 0.717) is 0 Å². The molecule has 0 spiro atoms. The fourth-order valence-corrected chi connectivity index (χ4v) is 0.863. The van der Waals surface area contributed by atoms with Crippen LogP contribution in [0.1, 0.15) is 0 Å². The molecule has 0 amide bonds. The molecule has 2 N–H and O–H groups in total. The number of hydrogen-bond acceptors (Lipinski definition) is 5. The Morgan fingerprint density at radius 2 is 2.00 bits per heavy atom. The van der Waals surface area contributed by atoms with Gasteiger partial charge in [0.1, 0.15) is 0 Å². The van der Waals surface area contributed by atoms with Gasteiger partial charge in [0.15, 0.2) is 5.75 Å². The van der Waals surface area contributed by atoms with E-state index in [-0.39, 0.29) is 5.75 Å². The lowest BCUT2D eigenvalue weighted by Gasteiger charge is -2.03. The van der Waals surface area contributed by atoms with Gasteiger partial charge in [-0.3, -0.25) is 10.1 Å². The van der Waals surface area contributed by atoms with E-state index in [9.17, 15) is 10.1 Å². The van der Waals surface area contributed by atoms with E-state index in [1.165, 1.54) is 13.2 Å². The highest BCUT2D eigenvalue weighted by Crippen LogP contribution is 2.41. The van der Waals surface area contributed by atoms with Crippen LogP contribution in [0.2, 0.25) is 0 Å². The van der Waals surface area contributed by atoms with Gasteiger partial charge in [0.2, 0.25) is 11.5 Å². The van der Waals surface area contributed by atoms with Crippen molar-refractivity contribution in [2.45, 2.75) is 0 Å². The average Bonchev–Trinajstić information content (AvgIpc) is 2.09. The Kier molecular flexibility index (Phi) is 2.23. The van der Waals surface area contributed by atoms with E-state index < -0.39 is 22.1 Å². The summed E-state index contributed by atoms with van der Waals surface area (Å²) in [5.74, 6) is -1.43. The minimum Gasteiger partial charge on any atom is -0.502 e. The monoisotopic (exact) mass is 185 g/mol. The molecule has 0 aromatic heterocycles. The number of benzene rings is 1. The number of methoxy groups -OCH3 is 1. The Balaban J connectivity index is 3.31. The van der Waals surface area contributed by atoms with Crippen LogP contribution in [0.4, 0.5) is 5.69 Å². The lowest BCUT2D eigenvalue weighted by atomic mass is 10.2. The van der Waals surface area contributed by atoms with Gasteiger partial charge in [-0.05, 0) is 6.07 Å². The van der Waals surface area contributed by atoms with Crippen molar-refractivity contribution in [1.29, 1.82) is 0 Å². The van der Waals surface area contributed by atoms with Crippen LogP contribution >= 0.6 is 0 Å². The van der Waals surface area contributed by atoms with Crippen LogP contribution < -0.4 is 4.74 Å². The third kappa shape index (κ3) is 1.46. The number of nitro benzene ring substituents is 1. The highest BCUT2D eigenvalue weighted by atomic mass is 16.6. The summed E-state index contributed by atoms with van der Waals surface area (Å²) >= 11 is 0. The van der Waals surface area contributed by atoms with Crippen molar-refractivity contribution >= 4 is 5.69 Å². The molecule has 0 bridgehead atoms. The second-order valence-electron chi connectivity index (χ2n) is 2.24. The van der Waals surface area contributed by atoms with Gasteiger partial charge in [0, 0.05) is 6.07 Å². The summed E-state index contributed by atoms with van der Waals surface area (Å²) in [6, 6.07) is 2.25. The number of phenols is 2. The highest BCUT2D eigenvalue weighted by molar-refractivity contribution is 5.60. The molecule has 0 aliphatic rings. The molecule has 13 heavy (non-hydrogen) atoms. The van der Waals surface area contributed by atoms with Crippen LogP contribution in [0.3, 0.4) is 0 Å². The molecule has 0 saturated heterocycles. The first-order valence-corrected chi connectivity index (χ1v) is 3.31. The molecule has 0 unspecified atom stereocenters. The Labute approximate surface area is 73.2 Å². The number of phenolic OH excluding ortho intramolecular Hbond substituents is 2. The lowest BCUT2D eigenvalue weighted by molar-refractivity contribution is -0.386. The van der Waals surface area contributed by atoms with Crippen LogP contribution in [-0.2, 0) is 0 Å². The van der Waals surface area contributed by atoms with Crippen molar-refractivity contribution in [2.75, 3.05) is 7.11 Å². The predicted octanol–water partition coefficient (Wildman–Crippen LogP) is 1.01. The summed E-state index contributed by atoms with van der Waals surface area (Å²) in [6.45, 7) is 0. The zero-order valence-electron chi connectivity index (χ0n) is 6.72. The van der Waals surface area contributed by atoms with E-state index in [4.69, 9.17) is 10.2 Å². The standard InChI is InChI=1S/C7H7NO5/c1-13-5-3-2-4(8(11)12)6(9)7(5)10/h2-3,9-10H,1H3. The van der Waals surface area contributed by atoms with Crippen molar-refractivity contribution in [3.63, 3.8) is 0 Å². The second-order valence-corrected chi connectivity index (χ2v) is 2.24. The lowest BCUT2D eigenvalue weighted by Crippen LogP contribution is -1.90. The van der Waals surface area contributed by atoms with Crippen molar-refractivity contribution in [1.82, 2.24) is 0 Å². The first-order valence-electron chi connectivity index (χ1n) is 3.31. The summed E-state index contributed by atoms with van der Waals surface area (Å²) in [4.78, 5) is 9.47. The summed E-state index contributed by atoms with van der Waals surface area (Å²) in [6.07, 6.45) is 0. The topological polar surface area (TPSA) is 92.8 Å². The van der Waals surface area contributed by atoms with Crippen LogP contribution in [0, 0.1) is 10.1 Å². The van der Waals surface area contributed by atoms with E-state index in [0.717, 1.165) is 6.07 Å². The molecule has 0 aliphatic heterocycles. The number of hydrogen-bond donors (Lipinski definition) is 2. The number of nitro groups is 1. The van der Waals surface area contributed by atoms with E-state index >= 15 is 0 Å². The minimum atomic E-state index is -0.797. The van der Waals surface area contributed by atoms with Gasteiger partial charge in [0.25, 0.3) is 0 Å². The maximum atomic E-state index is 10.3. The van der Waals surface area contributed by atoms with Crippen LogP contribution in [0.5, 0.6) is 17.2 Å². The average molecular weight is 185 g/mol. The number of aromatic hydroxyl groups is 2. The Hall–Kier alpha value is -1.98. The molecule has 0 fully saturated rings. The first-order chi connectivity index (χ1) is 6.07. The van der Waals surface area contributed by atoms with Crippen molar-refractivity contribution in [2.24, 2.45) is 0 Å². The van der Waals surface area contributed by atoms with Gasteiger partial charge < -0.3 is 14.9 Å². The van der Waals surface area contributed by atoms with Crippen LogP contribution in [0.15, 0.2) is 12.1 Å². The largest absolute Gasteiger partial charge is 0.502 e. The highest BCUT2D eigenvalue weighted by Gasteiger charge is 2.19. The molecular formula is C7H7NO5. The molecule has 0 radical (unpaired) electrons. The molecule has 0 heterocycles. The fraction of sp³-hybridized carbons (Fsp3) is 0.143. The van der Waals surface area contributed by atoms with Gasteiger partial charge >= 0.3 is 5.69 Å². The Morgan fingerprint density at radius 1 is 1.38 bits per heavy atom. The molecule has 1 aromatic rings. The minimum absolute atomic E-state index is 0.0110. The maximum Gasteiger partial charge on any atom is 0.314 e. The maximum absolute atomic E-state index is 10.3. The van der Waals surface area contributed by atoms with Crippen molar-refractivity contribution in [3.8, 4) is 17.2 Å². The normalized spacial score (nSPS) is 9.62. The Morgan fingerprint density at radius 3 is 2.46 bits per heavy atom. The molecule has 1 rings (SSSR count). The quantitative estimate of drug-likeness (QED) is 0.407. The number of nitrogens with zero attached hydrogens (tertiary/aromatic N) is 1. The van der Waals surface area contributed by atoms with Gasteiger partial charge in [0.05, 0.1) is 12.0 Å². The molecule has 70 valence electrons. The summed E-state index contributed by atoms with van der Waals surface area (Å²) in [7, 11) is 1.28. The number of rotatable bonds is 2. The fourth-order valence-electron chi connectivity index (χ4n) is 0.863. The zero-order valence-corrected chi connectivity index (χ0v) is 6.72. The third-order valence-corrected chi connectivity index (χ3v) is 1.51. The number of ether oxygens (including phenoxy) is 1. The smallest absolute Gasteiger partial charge is 0.314 e. The van der Waals surface area contributed by atoms with Gasteiger partial charge in [-0.15, -0.1) is 0 Å². The van der Waals surface area contributed by atoms with E-state index in [1.807, 2.05) is 0 Å². The van der Waals surface area contributed by atoms with Crippen molar-refractivity contribution < 1.29 is 19.9 Å².